The highest BCUT2D eigenvalue weighted by Crippen LogP contribution is 2.37. The molecule has 2 aromatic rings. The van der Waals surface area contributed by atoms with Gasteiger partial charge in [-0.2, -0.15) is 0 Å². The molecule has 27 heavy (non-hydrogen) atoms. The summed E-state index contributed by atoms with van der Waals surface area (Å²) in [6.07, 6.45) is 6.56. The lowest BCUT2D eigenvalue weighted by atomic mass is 10.2. The van der Waals surface area contributed by atoms with Crippen LogP contribution in [0.15, 0.2) is 36.7 Å². The molecule has 0 aliphatic heterocycles. The number of hydrogen-bond donors (Lipinski definition) is 4. The zero-order chi connectivity index (χ0) is 19.2. The zero-order valence-corrected chi connectivity index (χ0v) is 15.7. The van der Waals surface area contributed by atoms with Crippen molar-refractivity contribution in [2.75, 3.05) is 17.2 Å². The van der Waals surface area contributed by atoms with E-state index in [1.54, 1.807) is 18.2 Å². The Morgan fingerprint density at radius 2 is 2.11 bits per heavy atom. The van der Waals surface area contributed by atoms with E-state index in [4.69, 9.17) is 5.41 Å². The molecule has 1 saturated carbocycles. The van der Waals surface area contributed by atoms with Crippen molar-refractivity contribution in [1.82, 2.24) is 14.9 Å². The molecular formula is C20H27FN6. The SMILES string of the molecule is C=C(NCCC)Nc1c(C=N)nc(Nc2ccccc2F)n1C1CCCC1. The van der Waals surface area contributed by atoms with Crippen LogP contribution >= 0.6 is 0 Å². The van der Waals surface area contributed by atoms with Crippen molar-refractivity contribution in [2.45, 2.75) is 45.1 Å². The summed E-state index contributed by atoms with van der Waals surface area (Å²) in [5.41, 5.74) is 0.868. The molecule has 0 unspecified atom stereocenters. The van der Waals surface area contributed by atoms with Gasteiger partial charge in [0.1, 0.15) is 17.3 Å². The Balaban J connectivity index is 1.98. The Morgan fingerprint density at radius 1 is 1.37 bits per heavy atom. The van der Waals surface area contributed by atoms with E-state index in [-0.39, 0.29) is 11.9 Å². The van der Waals surface area contributed by atoms with Crippen LogP contribution < -0.4 is 16.0 Å². The predicted octanol–water partition coefficient (Wildman–Crippen LogP) is 4.76. The lowest BCUT2D eigenvalue weighted by Gasteiger charge is -2.21. The van der Waals surface area contributed by atoms with E-state index in [0.717, 1.165) is 38.6 Å². The van der Waals surface area contributed by atoms with E-state index >= 15 is 0 Å². The fourth-order valence-electron chi connectivity index (χ4n) is 3.43. The molecule has 7 heteroatoms. The molecule has 144 valence electrons. The van der Waals surface area contributed by atoms with E-state index in [0.29, 0.717) is 29.0 Å². The molecule has 1 aliphatic carbocycles. The maximum Gasteiger partial charge on any atom is 0.209 e. The van der Waals surface area contributed by atoms with Crippen LogP contribution in [0.4, 0.5) is 21.8 Å². The summed E-state index contributed by atoms with van der Waals surface area (Å²) in [5, 5.41) is 17.4. The summed E-state index contributed by atoms with van der Waals surface area (Å²) in [4.78, 5) is 4.55. The minimum atomic E-state index is -0.335. The van der Waals surface area contributed by atoms with Crippen molar-refractivity contribution >= 4 is 23.7 Å². The molecule has 0 radical (unpaired) electrons. The van der Waals surface area contributed by atoms with Gasteiger partial charge < -0.3 is 21.4 Å². The average Bonchev–Trinajstić information content (AvgIpc) is 3.29. The third-order valence-corrected chi connectivity index (χ3v) is 4.74. The maximum atomic E-state index is 14.1. The Hall–Kier alpha value is -2.83. The number of nitrogens with one attached hydrogen (secondary N) is 4. The first-order chi connectivity index (χ1) is 13.1. The summed E-state index contributed by atoms with van der Waals surface area (Å²) in [5.74, 6) is 1.58. The topological polar surface area (TPSA) is 77.8 Å². The van der Waals surface area contributed by atoms with Gasteiger partial charge in [-0.15, -0.1) is 0 Å². The number of anilines is 3. The Labute approximate surface area is 159 Å². The molecule has 1 aromatic heterocycles. The Morgan fingerprint density at radius 3 is 2.78 bits per heavy atom. The van der Waals surface area contributed by atoms with Gasteiger partial charge in [0.05, 0.1) is 11.5 Å². The van der Waals surface area contributed by atoms with Crippen molar-refractivity contribution in [1.29, 1.82) is 5.41 Å². The van der Waals surface area contributed by atoms with E-state index in [1.165, 1.54) is 12.3 Å². The van der Waals surface area contributed by atoms with Crippen molar-refractivity contribution in [2.24, 2.45) is 0 Å². The van der Waals surface area contributed by atoms with Crippen molar-refractivity contribution in [3.05, 3.63) is 48.2 Å². The highest BCUT2D eigenvalue weighted by Gasteiger charge is 2.26. The second-order valence-electron chi connectivity index (χ2n) is 6.76. The van der Waals surface area contributed by atoms with Gasteiger partial charge in [0.15, 0.2) is 0 Å². The third-order valence-electron chi connectivity index (χ3n) is 4.74. The Bertz CT molecular complexity index is 807. The zero-order valence-electron chi connectivity index (χ0n) is 15.7. The molecule has 0 bridgehead atoms. The molecule has 3 rings (SSSR count). The van der Waals surface area contributed by atoms with Gasteiger partial charge in [-0.25, -0.2) is 9.37 Å². The van der Waals surface area contributed by atoms with Gasteiger partial charge in [0, 0.05) is 18.8 Å². The smallest absolute Gasteiger partial charge is 0.209 e. The first-order valence-corrected chi connectivity index (χ1v) is 9.48. The van der Waals surface area contributed by atoms with Crippen LogP contribution in [-0.2, 0) is 0 Å². The summed E-state index contributed by atoms with van der Waals surface area (Å²) in [6.45, 7) is 6.91. The van der Waals surface area contributed by atoms with Crippen LogP contribution in [0, 0.1) is 11.2 Å². The second-order valence-corrected chi connectivity index (χ2v) is 6.76. The monoisotopic (exact) mass is 370 g/mol. The second kappa shape index (κ2) is 8.70. The normalized spacial score (nSPS) is 14.1. The van der Waals surface area contributed by atoms with Crippen LogP contribution in [0.2, 0.25) is 0 Å². The number of nitrogens with zero attached hydrogens (tertiary/aromatic N) is 2. The molecule has 1 aliphatic rings. The number of imidazole rings is 1. The predicted molar refractivity (Wildman–Crippen MR) is 108 cm³/mol. The molecule has 1 aromatic carbocycles. The first kappa shape index (κ1) is 18.9. The Kier molecular flexibility index (Phi) is 6.11. The molecule has 0 spiro atoms. The first-order valence-electron chi connectivity index (χ1n) is 9.48. The number of hydrogen-bond acceptors (Lipinski definition) is 5. The van der Waals surface area contributed by atoms with Gasteiger partial charge >= 0.3 is 0 Å². The number of para-hydroxylation sites is 1. The standard InChI is InChI=1S/C20H27FN6/c1-3-12-23-14(2)24-19-18(13-22)26-20(27(19)15-8-4-5-9-15)25-17-11-7-6-10-16(17)21/h6-7,10-11,13,15,22-24H,2-5,8-9,12H2,1H3,(H,25,26). The molecule has 1 fully saturated rings. The third kappa shape index (κ3) is 4.30. The van der Waals surface area contributed by atoms with Crippen LogP contribution in [0.3, 0.4) is 0 Å². The van der Waals surface area contributed by atoms with E-state index < -0.39 is 0 Å². The quantitative estimate of drug-likeness (QED) is 0.480. The van der Waals surface area contributed by atoms with Gasteiger partial charge in [-0.3, -0.25) is 4.57 Å². The number of rotatable bonds is 9. The highest BCUT2D eigenvalue weighted by molar-refractivity contribution is 5.84. The molecule has 6 nitrogen and oxygen atoms in total. The van der Waals surface area contributed by atoms with Crippen LogP contribution in [0.25, 0.3) is 0 Å². The van der Waals surface area contributed by atoms with Gasteiger partial charge in [0.25, 0.3) is 0 Å². The number of aromatic nitrogens is 2. The van der Waals surface area contributed by atoms with Crippen LogP contribution in [0.5, 0.6) is 0 Å². The van der Waals surface area contributed by atoms with E-state index in [1.807, 2.05) is 0 Å². The van der Waals surface area contributed by atoms with E-state index in [2.05, 4.69) is 39.0 Å². The highest BCUT2D eigenvalue weighted by atomic mass is 19.1. The molecular weight excluding hydrogens is 343 g/mol. The number of benzene rings is 1. The minimum Gasteiger partial charge on any atom is -0.372 e. The van der Waals surface area contributed by atoms with Crippen molar-refractivity contribution in [3.63, 3.8) is 0 Å². The minimum absolute atomic E-state index is 0.252. The van der Waals surface area contributed by atoms with Gasteiger partial charge in [-0.05, 0) is 31.4 Å². The molecule has 0 amide bonds. The van der Waals surface area contributed by atoms with Crippen LogP contribution in [0.1, 0.15) is 50.8 Å². The van der Waals surface area contributed by atoms with Crippen molar-refractivity contribution < 1.29 is 4.39 Å². The fraction of sp³-hybridized carbons (Fsp3) is 0.400. The lowest BCUT2D eigenvalue weighted by Crippen LogP contribution is -2.22. The molecule has 1 heterocycles. The van der Waals surface area contributed by atoms with Gasteiger partial charge in [-0.1, -0.05) is 38.5 Å². The lowest BCUT2D eigenvalue weighted by molar-refractivity contribution is 0.529. The summed E-state index contributed by atoms with van der Waals surface area (Å²) in [7, 11) is 0. The largest absolute Gasteiger partial charge is 0.372 e. The van der Waals surface area contributed by atoms with Gasteiger partial charge in [0.2, 0.25) is 5.95 Å². The fourth-order valence-corrected chi connectivity index (χ4v) is 3.43. The van der Waals surface area contributed by atoms with Crippen LogP contribution in [-0.4, -0.2) is 22.3 Å². The van der Waals surface area contributed by atoms with E-state index in [9.17, 15) is 4.39 Å². The number of halogens is 1. The summed E-state index contributed by atoms with van der Waals surface area (Å²) in [6, 6.07) is 6.78. The molecule has 0 saturated heterocycles. The average molecular weight is 370 g/mol. The van der Waals surface area contributed by atoms with Crippen molar-refractivity contribution in [3.8, 4) is 0 Å². The molecule has 4 N–H and O–H groups in total. The molecule has 0 atom stereocenters. The summed E-state index contributed by atoms with van der Waals surface area (Å²) < 4.78 is 16.2. The summed E-state index contributed by atoms with van der Waals surface area (Å²) >= 11 is 0. The maximum absolute atomic E-state index is 14.1.